The zero-order chi connectivity index (χ0) is 14.7. The molecule has 2 N–H and O–H groups in total. The Bertz CT molecular complexity index is 450. The number of benzene rings is 1. The van der Waals surface area contributed by atoms with Gasteiger partial charge < -0.3 is 15.4 Å². The summed E-state index contributed by atoms with van der Waals surface area (Å²) in [5, 5.41) is 0. The molecule has 112 valence electrons. The molecule has 1 aliphatic rings. The van der Waals surface area contributed by atoms with E-state index in [2.05, 4.69) is 18.7 Å². The highest BCUT2D eigenvalue weighted by molar-refractivity contribution is 5.31. The van der Waals surface area contributed by atoms with Crippen LogP contribution in [0.15, 0.2) is 18.2 Å². The molecule has 2 rings (SSSR count). The number of hydrogen-bond acceptors (Lipinski definition) is 3. The van der Waals surface area contributed by atoms with Crippen molar-refractivity contribution in [1.82, 2.24) is 4.90 Å². The van der Waals surface area contributed by atoms with E-state index < -0.39 is 0 Å². The molecule has 0 radical (unpaired) electrons. The topological polar surface area (TPSA) is 38.5 Å². The van der Waals surface area contributed by atoms with Crippen molar-refractivity contribution in [2.45, 2.75) is 26.3 Å². The van der Waals surface area contributed by atoms with Crippen molar-refractivity contribution in [3.05, 3.63) is 29.6 Å². The van der Waals surface area contributed by atoms with Crippen LogP contribution >= 0.6 is 0 Å². The molecule has 0 aromatic heterocycles. The monoisotopic (exact) mass is 280 g/mol. The summed E-state index contributed by atoms with van der Waals surface area (Å²) in [7, 11) is 1.47. The standard InChI is InChI=1S/C16H25FN2O/c1-11(2)13-6-7-19(9-13)10-15(18)12-4-5-16(20-3)14(17)8-12/h4-5,8,11,13,15H,6-7,9-10,18H2,1-3H3. The van der Waals surface area contributed by atoms with Crippen LogP contribution in [0.1, 0.15) is 31.9 Å². The first kappa shape index (κ1) is 15.3. The first-order valence-corrected chi connectivity index (χ1v) is 7.32. The van der Waals surface area contributed by atoms with Crippen LogP contribution in [0.5, 0.6) is 5.75 Å². The lowest BCUT2D eigenvalue weighted by atomic mass is 9.95. The van der Waals surface area contributed by atoms with E-state index in [4.69, 9.17) is 10.5 Å². The van der Waals surface area contributed by atoms with Gasteiger partial charge in [0.15, 0.2) is 11.6 Å². The Hall–Kier alpha value is -1.13. The highest BCUT2D eigenvalue weighted by Gasteiger charge is 2.26. The summed E-state index contributed by atoms with van der Waals surface area (Å²) in [6.45, 7) is 7.52. The molecule has 1 fully saturated rings. The highest BCUT2D eigenvalue weighted by Crippen LogP contribution is 2.26. The fourth-order valence-corrected chi connectivity index (χ4v) is 2.87. The van der Waals surface area contributed by atoms with Crippen molar-refractivity contribution in [1.29, 1.82) is 0 Å². The molecular formula is C16H25FN2O. The summed E-state index contributed by atoms with van der Waals surface area (Å²) < 4.78 is 18.6. The number of halogens is 1. The predicted octanol–water partition coefficient (Wildman–Crippen LogP) is 2.81. The van der Waals surface area contributed by atoms with E-state index >= 15 is 0 Å². The molecule has 2 atom stereocenters. The van der Waals surface area contributed by atoms with E-state index in [0.29, 0.717) is 0 Å². The molecule has 1 saturated heterocycles. The average molecular weight is 280 g/mol. The Balaban J connectivity index is 1.95. The molecule has 0 spiro atoms. The predicted molar refractivity (Wildman–Crippen MR) is 79.3 cm³/mol. The summed E-state index contributed by atoms with van der Waals surface area (Å²) in [5.74, 6) is 1.40. The van der Waals surface area contributed by atoms with Crippen molar-refractivity contribution in [2.24, 2.45) is 17.6 Å². The third-order valence-electron chi connectivity index (χ3n) is 4.31. The van der Waals surface area contributed by atoms with E-state index in [0.717, 1.165) is 37.0 Å². The summed E-state index contributed by atoms with van der Waals surface area (Å²) in [4.78, 5) is 2.39. The minimum absolute atomic E-state index is 0.152. The Morgan fingerprint density at radius 1 is 1.45 bits per heavy atom. The van der Waals surface area contributed by atoms with Gasteiger partial charge in [0.2, 0.25) is 0 Å². The Labute approximate surface area is 120 Å². The normalized spacial score (nSPS) is 21.4. The zero-order valence-electron chi connectivity index (χ0n) is 12.6. The molecule has 0 aliphatic carbocycles. The van der Waals surface area contributed by atoms with E-state index in [-0.39, 0.29) is 17.6 Å². The fourth-order valence-electron chi connectivity index (χ4n) is 2.87. The van der Waals surface area contributed by atoms with Crippen LogP contribution in [0, 0.1) is 17.7 Å². The fraction of sp³-hybridized carbons (Fsp3) is 0.625. The van der Waals surface area contributed by atoms with Crippen molar-refractivity contribution in [2.75, 3.05) is 26.7 Å². The lowest BCUT2D eigenvalue weighted by molar-refractivity contribution is 0.287. The summed E-state index contributed by atoms with van der Waals surface area (Å²) >= 11 is 0. The molecule has 0 bridgehead atoms. The quantitative estimate of drug-likeness (QED) is 0.901. The first-order chi connectivity index (χ1) is 9.51. The lowest BCUT2D eigenvalue weighted by Crippen LogP contribution is -2.31. The average Bonchev–Trinajstić information content (AvgIpc) is 2.87. The van der Waals surface area contributed by atoms with Crippen LogP contribution in [0.4, 0.5) is 4.39 Å². The number of nitrogens with zero attached hydrogens (tertiary/aromatic N) is 1. The number of methoxy groups -OCH3 is 1. The first-order valence-electron chi connectivity index (χ1n) is 7.32. The lowest BCUT2D eigenvalue weighted by Gasteiger charge is -2.22. The van der Waals surface area contributed by atoms with Gasteiger partial charge in [0.1, 0.15) is 0 Å². The van der Waals surface area contributed by atoms with Gasteiger partial charge in [-0.15, -0.1) is 0 Å². The van der Waals surface area contributed by atoms with Crippen LogP contribution in [0.2, 0.25) is 0 Å². The summed E-state index contributed by atoms with van der Waals surface area (Å²) in [6.07, 6.45) is 1.24. The molecule has 0 saturated carbocycles. The van der Waals surface area contributed by atoms with Gasteiger partial charge in [-0.2, -0.15) is 0 Å². The second-order valence-corrected chi connectivity index (χ2v) is 6.05. The molecule has 2 unspecified atom stereocenters. The zero-order valence-corrected chi connectivity index (χ0v) is 12.6. The molecule has 4 heteroatoms. The van der Waals surface area contributed by atoms with Gasteiger partial charge in [-0.1, -0.05) is 19.9 Å². The van der Waals surface area contributed by atoms with Crippen molar-refractivity contribution >= 4 is 0 Å². The second kappa shape index (κ2) is 6.55. The molecule has 0 amide bonds. The van der Waals surface area contributed by atoms with E-state index in [1.54, 1.807) is 6.07 Å². The minimum Gasteiger partial charge on any atom is -0.494 e. The Morgan fingerprint density at radius 2 is 2.20 bits per heavy atom. The maximum atomic E-state index is 13.7. The van der Waals surface area contributed by atoms with Gasteiger partial charge in [-0.25, -0.2) is 4.39 Å². The second-order valence-electron chi connectivity index (χ2n) is 6.05. The number of ether oxygens (including phenoxy) is 1. The van der Waals surface area contributed by atoms with Gasteiger partial charge in [-0.3, -0.25) is 0 Å². The minimum atomic E-state index is -0.345. The van der Waals surface area contributed by atoms with E-state index in [1.807, 2.05) is 6.07 Å². The number of likely N-dealkylation sites (tertiary alicyclic amines) is 1. The van der Waals surface area contributed by atoms with E-state index in [1.165, 1.54) is 19.6 Å². The maximum absolute atomic E-state index is 13.7. The van der Waals surface area contributed by atoms with Gasteiger partial charge in [0, 0.05) is 19.1 Å². The van der Waals surface area contributed by atoms with Gasteiger partial charge >= 0.3 is 0 Å². The highest BCUT2D eigenvalue weighted by atomic mass is 19.1. The van der Waals surface area contributed by atoms with Gasteiger partial charge in [0.05, 0.1) is 7.11 Å². The smallest absolute Gasteiger partial charge is 0.165 e. The van der Waals surface area contributed by atoms with Gasteiger partial charge in [0.25, 0.3) is 0 Å². The number of hydrogen-bond donors (Lipinski definition) is 1. The van der Waals surface area contributed by atoms with Crippen LogP contribution in [-0.2, 0) is 0 Å². The summed E-state index contributed by atoms with van der Waals surface area (Å²) in [5.41, 5.74) is 7.04. The SMILES string of the molecule is COc1ccc(C(N)CN2CCC(C(C)C)C2)cc1F. The molecule has 1 aliphatic heterocycles. The third-order valence-corrected chi connectivity index (χ3v) is 4.31. The van der Waals surface area contributed by atoms with Crippen LogP contribution in [-0.4, -0.2) is 31.6 Å². The molecule has 3 nitrogen and oxygen atoms in total. The number of rotatable bonds is 5. The maximum Gasteiger partial charge on any atom is 0.165 e. The van der Waals surface area contributed by atoms with Crippen LogP contribution < -0.4 is 10.5 Å². The Morgan fingerprint density at radius 3 is 2.75 bits per heavy atom. The summed E-state index contributed by atoms with van der Waals surface area (Å²) in [6, 6.07) is 4.83. The molecule has 1 heterocycles. The van der Waals surface area contributed by atoms with Crippen molar-refractivity contribution in [3.8, 4) is 5.75 Å². The van der Waals surface area contributed by atoms with Crippen molar-refractivity contribution < 1.29 is 9.13 Å². The molecular weight excluding hydrogens is 255 g/mol. The Kier molecular flexibility index (Phi) is 5.00. The van der Waals surface area contributed by atoms with Crippen LogP contribution in [0.25, 0.3) is 0 Å². The largest absolute Gasteiger partial charge is 0.494 e. The molecule has 1 aromatic carbocycles. The van der Waals surface area contributed by atoms with E-state index in [9.17, 15) is 4.39 Å². The molecule has 1 aromatic rings. The van der Waals surface area contributed by atoms with Gasteiger partial charge in [-0.05, 0) is 42.5 Å². The molecule has 20 heavy (non-hydrogen) atoms. The number of nitrogens with two attached hydrogens (primary N) is 1. The van der Waals surface area contributed by atoms with Crippen molar-refractivity contribution in [3.63, 3.8) is 0 Å². The third kappa shape index (κ3) is 3.49. The van der Waals surface area contributed by atoms with Crippen LogP contribution in [0.3, 0.4) is 0 Å².